The highest BCUT2D eigenvalue weighted by Crippen LogP contribution is 2.47. The lowest BCUT2D eigenvalue weighted by Gasteiger charge is -2.48. The number of aromatic amines is 1. The number of piperazine rings is 1. The van der Waals surface area contributed by atoms with Crippen LogP contribution < -0.4 is 15.8 Å². The Kier molecular flexibility index (Phi) is 7.81. The molecule has 252 valence electrons. The number of pyridine rings is 1. The highest BCUT2D eigenvalue weighted by molar-refractivity contribution is 6.39. The molecule has 2 atom stereocenters. The summed E-state index contributed by atoms with van der Waals surface area (Å²) in [6.07, 6.45) is 4.32. The van der Waals surface area contributed by atoms with Crippen molar-refractivity contribution in [2.45, 2.75) is 65.5 Å². The molecule has 1 saturated heterocycles. The van der Waals surface area contributed by atoms with Crippen LogP contribution in [-0.2, 0) is 9.59 Å². The number of nitrogens with one attached hydrogen (secondary N) is 2. The summed E-state index contributed by atoms with van der Waals surface area (Å²) in [6, 6.07) is 3.93. The standard InChI is InChI=1S/C36H36ClFN8O3/c1-8-25(47)44-14-24-35(48)42-31-33(45(24)13-19(44)7)20-11-22(38)27(26-18(6)9-10-23-21(26)12-41-43-23)28(37)32(20)46(36(31)49)34-29(16(2)3)39-15-40-30(34)17(4)5/h8-12,15-17,19,24H,1,13-14H2,2-7H3,(H,41,43)(H,42,48). The maximum absolute atomic E-state index is 16.9. The molecule has 7 rings (SSSR count). The summed E-state index contributed by atoms with van der Waals surface area (Å²) in [6.45, 7) is 15.5. The van der Waals surface area contributed by atoms with Crippen molar-refractivity contribution in [2.75, 3.05) is 23.3 Å². The Morgan fingerprint density at radius 1 is 1.06 bits per heavy atom. The van der Waals surface area contributed by atoms with Gasteiger partial charge in [-0.3, -0.25) is 24.0 Å². The molecule has 2 N–H and O–H groups in total. The van der Waals surface area contributed by atoms with Gasteiger partial charge in [-0.2, -0.15) is 5.10 Å². The normalized spacial score (nSPS) is 17.6. The smallest absolute Gasteiger partial charge is 0.281 e. The molecule has 0 radical (unpaired) electrons. The molecule has 5 heterocycles. The minimum atomic E-state index is -0.841. The Labute approximate surface area is 286 Å². The number of rotatable bonds is 5. The van der Waals surface area contributed by atoms with Gasteiger partial charge in [0.25, 0.3) is 5.56 Å². The fraction of sp³-hybridized carbons (Fsp3) is 0.333. The van der Waals surface area contributed by atoms with E-state index in [1.165, 1.54) is 23.0 Å². The number of amides is 2. The first-order valence-electron chi connectivity index (χ1n) is 16.2. The predicted octanol–water partition coefficient (Wildman–Crippen LogP) is 6.22. The van der Waals surface area contributed by atoms with Gasteiger partial charge in [0.05, 0.1) is 51.6 Å². The van der Waals surface area contributed by atoms with E-state index in [-0.39, 0.29) is 58.7 Å². The van der Waals surface area contributed by atoms with Gasteiger partial charge in [0.15, 0.2) is 0 Å². The lowest BCUT2D eigenvalue weighted by atomic mass is 9.93. The molecular formula is C36H36ClFN8O3. The minimum absolute atomic E-state index is 0.00551. The maximum Gasteiger partial charge on any atom is 0.281 e. The molecule has 2 aliphatic rings. The summed E-state index contributed by atoms with van der Waals surface area (Å²) in [7, 11) is 0. The second-order valence-electron chi connectivity index (χ2n) is 13.4. The summed E-state index contributed by atoms with van der Waals surface area (Å²) >= 11 is 7.43. The molecule has 2 aliphatic heterocycles. The number of halogens is 2. The third-order valence-corrected chi connectivity index (χ3v) is 10.0. The van der Waals surface area contributed by atoms with Crippen LogP contribution in [0.2, 0.25) is 5.02 Å². The quantitative estimate of drug-likeness (QED) is 0.211. The van der Waals surface area contributed by atoms with Crippen molar-refractivity contribution in [3.05, 3.63) is 81.5 Å². The van der Waals surface area contributed by atoms with Crippen LogP contribution in [0.3, 0.4) is 0 Å². The summed E-state index contributed by atoms with van der Waals surface area (Å²) in [5.74, 6) is -1.64. The van der Waals surface area contributed by atoms with Crippen molar-refractivity contribution in [1.29, 1.82) is 0 Å². The van der Waals surface area contributed by atoms with Crippen LogP contribution >= 0.6 is 11.6 Å². The lowest BCUT2D eigenvalue weighted by Crippen LogP contribution is -2.64. The Morgan fingerprint density at radius 2 is 1.76 bits per heavy atom. The van der Waals surface area contributed by atoms with Gasteiger partial charge < -0.3 is 15.1 Å². The van der Waals surface area contributed by atoms with Crippen LogP contribution in [0, 0.1) is 12.7 Å². The monoisotopic (exact) mass is 682 g/mol. The SMILES string of the molecule is C=CC(=O)N1CC2C(=O)Nc3c(c4cc(F)c(-c5c(C)ccc6[nH]ncc56)c(Cl)c4n(-c4c(C(C)C)ncnc4C(C)C)c3=O)N2CC1C. The van der Waals surface area contributed by atoms with Crippen LogP contribution in [0.25, 0.3) is 38.6 Å². The topological polar surface area (TPSA) is 129 Å². The number of H-pyrrole nitrogens is 1. The number of carbonyl (C=O) groups excluding carboxylic acids is 2. The zero-order valence-corrected chi connectivity index (χ0v) is 28.8. The second kappa shape index (κ2) is 11.8. The van der Waals surface area contributed by atoms with Crippen LogP contribution in [0.5, 0.6) is 0 Å². The zero-order chi connectivity index (χ0) is 35.0. The molecule has 49 heavy (non-hydrogen) atoms. The molecule has 1 fully saturated rings. The average molecular weight is 683 g/mol. The van der Waals surface area contributed by atoms with Crippen molar-refractivity contribution >= 4 is 56.6 Å². The van der Waals surface area contributed by atoms with Gasteiger partial charge in [-0.1, -0.05) is 51.9 Å². The summed E-state index contributed by atoms with van der Waals surface area (Å²) < 4.78 is 18.3. The number of hydrogen-bond acceptors (Lipinski definition) is 7. The molecule has 0 saturated carbocycles. The molecule has 0 aliphatic carbocycles. The van der Waals surface area contributed by atoms with E-state index in [4.69, 9.17) is 11.6 Å². The van der Waals surface area contributed by atoms with Gasteiger partial charge in [0.1, 0.15) is 23.9 Å². The summed E-state index contributed by atoms with van der Waals surface area (Å²) in [5.41, 5.74) is 3.80. The lowest BCUT2D eigenvalue weighted by molar-refractivity contribution is -0.130. The number of benzene rings is 2. The van der Waals surface area contributed by atoms with Gasteiger partial charge >= 0.3 is 0 Å². The third kappa shape index (κ3) is 4.83. The van der Waals surface area contributed by atoms with Gasteiger partial charge in [-0.25, -0.2) is 14.4 Å². The van der Waals surface area contributed by atoms with Crippen LogP contribution in [0.4, 0.5) is 15.8 Å². The van der Waals surface area contributed by atoms with Crippen molar-refractivity contribution in [1.82, 2.24) is 29.6 Å². The molecule has 2 amide bonds. The molecule has 3 aromatic heterocycles. The number of aromatic nitrogens is 5. The average Bonchev–Trinajstić information content (AvgIpc) is 3.54. The van der Waals surface area contributed by atoms with Gasteiger partial charge in [0, 0.05) is 34.5 Å². The number of fused-ring (bicyclic) bond motifs is 6. The molecule has 5 aromatic rings. The van der Waals surface area contributed by atoms with Crippen molar-refractivity contribution < 1.29 is 14.0 Å². The van der Waals surface area contributed by atoms with Crippen LogP contribution in [-0.4, -0.2) is 66.6 Å². The predicted molar refractivity (Wildman–Crippen MR) is 189 cm³/mol. The van der Waals surface area contributed by atoms with Crippen molar-refractivity contribution in [2.24, 2.45) is 0 Å². The van der Waals surface area contributed by atoms with E-state index < -0.39 is 23.3 Å². The first-order chi connectivity index (χ1) is 23.3. The van der Waals surface area contributed by atoms with E-state index in [2.05, 4.69) is 32.1 Å². The molecule has 11 nitrogen and oxygen atoms in total. The minimum Gasteiger partial charge on any atom is -0.354 e. The van der Waals surface area contributed by atoms with Gasteiger partial charge in [0.2, 0.25) is 11.8 Å². The largest absolute Gasteiger partial charge is 0.354 e. The van der Waals surface area contributed by atoms with Crippen molar-refractivity contribution in [3.63, 3.8) is 0 Å². The number of nitrogens with zero attached hydrogens (tertiary/aromatic N) is 6. The molecule has 2 aromatic carbocycles. The Bertz CT molecular complexity index is 2270. The van der Waals surface area contributed by atoms with Crippen molar-refractivity contribution in [3.8, 4) is 16.8 Å². The van der Waals surface area contributed by atoms with Crippen LogP contribution in [0.1, 0.15) is 63.4 Å². The Balaban J connectivity index is 1.65. The highest BCUT2D eigenvalue weighted by atomic mass is 35.5. The molecule has 2 unspecified atom stereocenters. The Hall–Kier alpha value is -5.10. The maximum atomic E-state index is 16.9. The van der Waals surface area contributed by atoms with E-state index in [0.717, 1.165) is 5.56 Å². The summed E-state index contributed by atoms with van der Waals surface area (Å²) in [5, 5.41) is 11.0. The van der Waals surface area contributed by atoms with Gasteiger partial charge in [-0.05, 0) is 49.5 Å². The summed E-state index contributed by atoms with van der Waals surface area (Å²) in [4.78, 5) is 54.1. The highest BCUT2D eigenvalue weighted by Gasteiger charge is 2.44. The zero-order valence-electron chi connectivity index (χ0n) is 28.1. The van der Waals surface area contributed by atoms with E-state index >= 15 is 9.18 Å². The number of anilines is 2. The second-order valence-corrected chi connectivity index (χ2v) is 13.8. The first-order valence-corrected chi connectivity index (χ1v) is 16.6. The van der Waals surface area contributed by atoms with E-state index in [9.17, 15) is 9.59 Å². The van der Waals surface area contributed by atoms with Crippen LogP contribution in [0.15, 0.2) is 48.2 Å². The number of carbonyl (C=O) groups is 2. The number of hydrogen-bond donors (Lipinski definition) is 2. The third-order valence-electron chi connectivity index (χ3n) is 9.64. The molecular weight excluding hydrogens is 647 g/mol. The van der Waals surface area contributed by atoms with E-state index in [1.54, 1.807) is 16.0 Å². The number of aryl methyl sites for hydroxylation is 1. The fourth-order valence-corrected chi connectivity index (χ4v) is 7.70. The molecule has 0 spiro atoms. The molecule has 13 heteroatoms. The fourth-order valence-electron chi connectivity index (χ4n) is 7.33. The molecule has 0 bridgehead atoms. The van der Waals surface area contributed by atoms with Gasteiger partial charge in [-0.15, -0.1) is 0 Å². The first kappa shape index (κ1) is 32.4. The van der Waals surface area contributed by atoms with E-state index in [1.807, 2.05) is 53.7 Å². The Morgan fingerprint density at radius 3 is 2.41 bits per heavy atom. The van der Waals surface area contributed by atoms with E-state index in [0.29, 0.717) is 44.6 Å².